The van der Waals surface area contributed by atoms with E-state index >= 15 is 0 Å². The highest BCUT2D eigenvalue weighted by molar-refractivity contribution is 5.27. The molecule has 0 heterocycles. The fourth-order valence-corrected chi connectivity index (χ4v) is 2.05. The van der Waals surface area contributed by atoms with Crippen LogP contribution in [0.5, 0.6) is 5.75 Å². The van der Waals surface area contributed by atoms with Crippen LogP contribution in [0.2, 0.25) is 0 Å². The van der Waals surface area contributed by atoms with E-state index in [1.165, 1.54) is 11.1 Å². The lowest BCUT2D eigenvalue weighted by Crippen LogP contribution is -2.29. The summed E-state index contributed by atoms with van der Waals surface area (Å²) in [4.78, 5) is 2.34. The third-order valence-corrected chi connectivity index (χ3v) is 3.25. The fraction of sp³-hybridized carbons (Fsp3) is 0.556. The predicted molar refractivity (Wildman–Crippen MR) is 90.8 cm³/mol. The van der Waals surface area contributed by atoms with Crippen LogP contribution < -0.4 is 10.1 Å². The highest BCUT2D eigenvalue weighted by Crippen LogP contribution is 2.12. The Morgan fingerprint density at radius 2 is 1.95 bits per heavy atom. The summed E-state index contributed by atoms with van der Waals surface area (Å²) < 4.78 is 5.81. The minimum Gasteiger partial charge on any atom is -0.492 e. The second kappa shape index (κ2) is 9.59. The number of ether oxygens (including phenoxy) is 1. The standard InChI is InChI=1S/C18H30N2O/c1-6-20(14-15(2)3)11-12-21-18-9-7-17(8-10-18)13-19-16(4)5/h7-10,16,19H,2,6,11-14H2,1,3-5H3. The van der Waals surface area contributed by atoms with Gasteiger partial charge in [-0.2, -0.15) is 0 Å². The molecule has 0 amide bonds. The molecule has 3 nitrogen and oxygen atoms in total. The van der Waals surface area contributed by atoms with Crippen molar-refractivity contribution < 1.29 is 4.74 Å². The van der Waals surface area contributed by atoms with E-state index in [1.807, 2.05) is 12.1 Å². The normalized spacial score (nSPS) is 11.1. The van der Waals surface area contributed by atoms with Gasteiger partial charge in [-0.15, -0.1) is 0 Å². The maximum atomic E-state index is 5.81. The minimum absolute atomic E-state index is 0.509. The topological polar surface area (TPSA) is 24.5 Å². The molecule has 0 aromatic heterocycles. The summed E-state index contributed by atoms with van der Waals surface area (Å²) in [5.41, 5.74) is 2.48. The molecule has 1 N–H and O–H groups in total. The van der Waals surface area contributed by atoms with Crippen LogP contribution >= 0.6 is 0 Å². The van der Waals surface area contributed by atoms with Crippen molar-refractivity contribution in [3.63, 3.8) is 0 Å². The summed E-state index contributed by atoms with van der Waals surface area (Å²) in [6, 6.07) is 8.85. The van der Waals surface area contributed by atoms with E-state index in [0.717, 1.165) is 31.9 Å². The lowest BCUT2D eigenvalue weighted by atomic mass is 10.2. The maximum absolute atomic E-state index is 5.81. The predicted octanol–water partition coefficient (Wildman–Crippen LogP) is 3.46. The molecule has 0 bridgehead atoms. The molecular formula is C18H30N2O. The molecule has 0 saturated heterocycles. The molecule has 0 aliphatic rings. The van der Waals surface area contributed by atoms with Gasteiger partial charge in [-0.05, 0) is 31.2 Å². The second-order valence-corrected chi connectivity index (χ2v) is 5.85. The van der Waals surface area contributed by atoms with Gasteiger partial charge in [0.25, 0.3) is 0 Å². The van der Waals surface area contributed by atoms with Crippen LogP contribution in [0.4, 0.5) is 0 Å². The second-order valence-electron chi connectivity index (χ2n) is 5.85. The van der Waals surface area contributed by atoms with Crippen molar-refractivity contribution in [2.24, 2.45) is 0 Å². The van der Waals surface area contributed by atoms with E-state index < -0.39 is 0 Å². The van der Waals surface area contributed by atoms with Crippen LogP contribution in [0.25, 0.3) is 0 Å². The Kier molecular flexibility index (Phi) is 8.09. The number of likely N-dealkylation sites (N-methyl/N-ethyl adjacent to an activating group) is 1. The molecule has 0 unspecified atom stereocenters. The first-order valence-electron chi connectivity index (χ1n) is 7.83. The number of hydrogen-bond acceptors (Lipinski definition) is 3. The van der Waals surface area contributed by atoms with Gasteiger partial charge in [0.15, 0.2) is 0 Å². The molecule has 1 aromatic rings. The number of hydrogen-bond donors (Lipinski definition) is 1. The van der Waals surface area contributed by atoms with Crippen molar-refractivity contribution in [2.45, 2.75) is 40.3 Å². The molecule has 1 rings (SSSR count). The van der Waals surface area contributed by atoms with Crippen LogP contribution in [-0.2, 0) is 6.54 Å². The lowest BCUT2D eigenvalue weighted by molar-refractivity contribution is 0.227. The molecule has 0 fully saturated rings. The Morgan fingerprint density at radius 1 is 1.29 bits per heavy atom. The van der Waals surface area contributed by atoms with Gasteiger partial charge in [-0.25, -0.2) is 0 Å². The summed E-state index contributed by atoms with van der Waals surface area (Å²) in [6.07, 6.45) is 0. The monoisotopic (exact) mass is 290 g/mol. The molecule has 0 saturated carbocycles. The van der Waals surface area contributed by atoms with E-state index in [9.17, 15) is 0 Å². The SMILES string of the molecule is C=C(C)CN(CC)CCOc1ccc(CNC(C)C)cc1. The fourth-order valence-electron chi connectivity index (χ4n) is 2.05. The average Bonchev–Trinajstić information content (AvgIpc) is 2.44. The summed E-state index contributed by atoms with van der Waals surface area (Å²) in [5.74, 6) is 0.940. The highest BCUT2D eigenvalue weighted by Gasteiger charge is 2.03. The number of rotatable bonds is 10. The van der Waals surface area contributed by atoms with Gasteiger partial charge in [0.1, 0.15) is 12.4 Å². The van der Waals surface area contributed by atoms with Crippen LogP contribution in [0.3, 0.4) is 0 Å². The number of nitrogens with zero attached hydrogens (tertiary/aromatic N) is 1. The van der Waals surface area contributed by atoms with E-state index in [0.29, 0.717) is 12.6 Å². The summed E-state index contributed by atoms with van der Waals surface area (Å²) in [6.45, 7) is 17.0. The molecular weight excluding hydrogens is 260 g/mol. The van der Waals surface area contributed by atoms with Crippen molar-refractivity contribution in [3.05, 3.63) is 42.0 Å². The third-order valence-electron chi connectivity index (χ3n) is 3.25. The highest BCUT2D eigenvalue weighted by atomic mass is 16.5. The van der Waals surface area contributed by atoms with Crippen LogP contribution in [0.15, 0.2) is 36.4 Å². The quantitative estimate of drug-likeness (QED) is 0.668. The number of benzene rings is 1. The maximum Gasteiger partial charge on any atom is 0.119 e. The van der Waals surface area contributed by atoms with E-state index in [2.05, 4.69) is 56.6 Å². The lowest BCUT2D eigenvalue weighted by Gasteiger charge is -2.20. The third kappa shape index (κ3) is 7.88. The molecule has 0 aliphatic heterocycles. The first-order valence-corrected chi connectivity index (χ1v) is 7.83. The molecule has 0 aliphatic carbocycles. The molecule has 0 radical (unpaired) electrons. The smallest absolute Gasteiger partial charge is 0.119 e. The van der Waals surface area contributed by atoms with Gasteiger partial charge in [0.05, 0.1) is 0 Å². The Bertz CT molecular complexity index is 412. The van der Waals surface area contributed by atoms with Crippen LogP contribution in [0.1, 0.15) is 33.3 Å². The van der Waals surface area contributed by atoms with E-state index in [4.69, 9.17) is 4.74 Å². The average molecular weight is 290 g/mol. The van der Waals surface area contributed by atoms with Gasteiger partial charge >= 0.3 is 0 Å². The Balaban J connectivity index is 2.33. The van der Waals surface area contributed by atoms with Crippen molar-refractivity contribution in [1.82, 2.24) is 10.2 Å². The first-order chi connectivity index (χ1) is 10.0. The minimum atomic E-state index is 0.509. The zero-order valence-electron chi connectivity index (χ0n) is 14.0. The van der Waals surface area contributed by atoms with Crippen molar-refractivity contribution >= 4 is 0 Å². The van der Waals surface area contributed by atoms with Crippen molar-refractivity contribution in [2.75, 3.05) is 26.2 Å². The Morgan fingerprint density at radius 3 is 2.48 bits per heavy atom. The largest absolute Gasteiger partial charge is 0.492 e. The zero-order chi connectivity index (χ0) is 15.7. The van der Waals surface area contributed by atoms with Gasteiger partial charge in [-0.3, -0.25) is 4.90 Å². The van der Waals surface area contributed by atoms with Crippen LogP contribution in [-0.4, -0.2) is 37.2 Å². The van der Waals surface area contributed by atoms with Gasteiger partial charge < -0.3 is 10.1 Å². The Labute approximate surface area is 130 Å². The van der Waals surface area contributed by atoms with Gasteiger partial charge in [0.2, 0.25) is 0 Å². The molecule has 21 heavy (non-hydrogen) atoms. The molecule has 0 atom stereocenters. The molecule has 1 aromatic carbocycles. The zero-order valence-corrected chi connectivity index (χ0v) is 14.0. The summed E-state index contributed by atoms with van der Waals surface area (Å²) in [5, 5.41) is 3.41. The van der Waals surface area contributed by atoms with Gasteiger partial charge in [0, 0.05) is 25.7 Å². The molecule has 118 valence electrons. The number of nitrogens with one attached hydrogen (secondary N) is 1. The van der Waals surface area contributed by atoms with E-state index in [-0.39, 0.29) is 0 Å². The van der Waals surface area contributed by atoms with Crippen molar-refractivity contribution in [3.8, 4) is 5.75 Å². The van der Waals surface area contributed by atoms with E-state index in [1.54, 1.807) is 0 Å². The summed E-state index contributed by atoms with van der Waals surface area (Å²) in [7, 11) is 0. The molecule has 0 spiro atoms. The van der Waals surface area contributed by atoms with Crippen LogP contribution in [0, 0.1) is 0 Å². The first kappa shape index (κ1) is 17.7. The summed E-state index contributed by atoms with van der Waals surface area (Å²) >= 11 is 0. The van der Waals surface area contributed by atoms with Crippen molar-refractivity contribution in [1.29, 1.82) is 0 Å². The van der Waals surface area contributed by atoms with Gasteiger partial charge in [-0.1, -0.05) is 45.1 Å². The Hall–Kier alpha value is -1.32. The molecule has 3 heteroatoms.